The van der Waals surface area contributed by atoms with Crippen LogP contribution in [-0.4, -0.2) is 60.0 Å². The van der Waals surface area contributed by atoms with Crippen molar-refractivity contribution in [3.05, 3.63) is 22.4 Å². The van der Waals surface area contributed by atoms with Crippen molar-refractivity contribution in [2.75, 3.05) is 26.2 Å². The summed E-state index contributed by atoms with van der Waals surface area (Å²) in [6, 6.07) is 3.84. The third-order valence-corrected chi connectivity index (χ3v) is 6.33. The van der Waals surface area contributed by atoms with E-state index in [2.05, 4.69) is 37.9 Å². The van der Waals surface area contributed by atoms with E-state index in [1.807, 2.05) is 6.92 Å². The number of carbonyl (C=O) groups is 2. The number of piperazine rings is 1. The molecule has 7 heteroatoms. The van der Waals surface area contributed by atoms with E-state index in [1.54, 1.807) is 11.3 Å². The largest absolute Gasteiger partial charge is 0.335 e. The van der Waals surface area contributed by atoms with Gasteiger partial charge in [-0.2, -0.15) is 0 Å². The second-order valence-electron chi connectivity index (χ2n) is 7.37. The van der Waals surface area contributed by atoms with Crippen molar-refractivity contribution >= 4 is 23.3 Å². The Labute approximate surface area is 159 Å². The molecule has 3 amide bonds. The number of nitrogens with one attached hydrogen (secondary N) is 2. The van der Waals surface area contributed by atoms with Crippen molar-refractivity contribution in [3.63, 3.8) is 0 Å². The van der Waals surface area contributed by atoms with Crippen molar-refractivity contribution in [3.8, 4) is 0 Å². The molecule has 1 atom stereocenters. The molecular formula is C19H30N4O2S. The molecule has 1 aromatic heterocycles. The van der Waals surface area contributed by atoms with Crippen LogP contribution in [0.4, 0.5) is 4.79 Å². The summed E-state index contributed by atoms with van der Waals surface area (Å²) in [5, 5.41) is 7.58. The Morgan fingerprint density at radius 1 is 1.19 bits per heavy atom. The maximum absolute atomic E-state index is 12.4. The van der Waals surface area contributed by atoms with Gasteiger partial charge in [0.15, 0.2) is 0 Å². The minimum absolute atomic E-state index is 0.204. The fourth-order valence-corrected chi connectivity index (χ4v) is 4.53. The summed E-state index contributed by atoms with van der Waals surface area (Å²) in [5.74, 6) is -0.204. The molecule has 6 nitrogen and oxygen atoms in total. The van der Waals surface area contributed by atoms with Crippen LogP contribution in [0, 0.1) is 0 Å². The lowest BCUT2D eigenvalue weighted by Crippen LogP contribution is -2.55. The van der Waals surface area contributed by atoms with Gasteiger partial charge in [-0.3, -0.25) is 19.9 Å². The monoisotopic (exact) mass is 378 g/mol. The van der Waals surface area contributed by atoms with Crippen molar-refractivity contribution in [2.24, 2.45) is 0 Å². The molecule has 0 aromatic carbocycles. The maximum Gasteiger partial charge on any atom is 0.321 e. The number of rotatable bonds is 5. The van der Waals surface area contributed by atoms with Gasteiger partial charge in [0.1, 0.15) is 0 Å². The molecule has 1 aromatic rings. The zero-order valence-corrected chi connectivity index (χ0v) is 16.4. The number of hydrogen-bond acceptors (Lipinski definition) is 5. The minimum Gasteiger partial charge on any atom is -0.335 e. The second kappa shape index (κ2) is 9.48. The number of urea groups is 1. The molecule has 0 spiro atoms. The normalized spacial score (nSPS) is 21.3. The minimum atomic E-state index is -0.343. The molecule has 2 heterocycles. The lowest BCUT2D eigenvalue weighted by molar-refractivity contribution is -0.125. The van der Waals surface area contributed by atoms with Gasteiger partial charge in [0.05, 0.1) is 6.04 Å². The molecule has 26 heavy (non-hydrogen) atoms. The summed E-state index contributed by atoms with van der Waals surface area (Å²) in [7, 11) is 0. The van der Waals surface area contributed by atoms with Gasteiger partial charge >= 0.3 is 6.03 Å². The molecule has 3 rings (SSSR count). The van der Waals surface area contributed by atoms with Crippen LogP contribution in [0.1, 0.15) is 43.9 Å². The van der Waals surface area contributed by atoms with Crippen LogP contribution in [0.3, 0.4) is 0 Å². The molecule has 144 valence electrons. The Hall–Kier alpha value is -1.44. The van der Waals surface area contributed by atoms with Gasteiger partial charge in [-0.05, 0) is 31.2 Å². The van der Waals surface area contributed by atoms with E-state index in [0.717, 1.165) is 58.4 Å². The average Bonchev–Trinajstić information content (AvgIpc) is 3.15. The van der Waals surface area contributed by atoms with Gasteiger partial charge < -0.3 is 5.32 Å². The smallest absolute Gasteiger partial charge is 0.321 e. The predicted molar refractivity (Wildman–Crippen MR) is 104 cm³/mol. The molecule has 2 aliphatic rings. The second-order valence-corrected chi connectivity index (χ2v) is 8.40. The first-order valence-corrected chi connectivity index (χ1v) is 10.6. The molecule has 2 N–H and O–H groups in total. The first-order chi connectivity index (χ1) is 12.6. The highest BCUT2D eigenvalue weighted by molar-refractivity contribution is 7.09. The van der Waals surface area contributed by atoms with Crippen molar-refractivity contribution in [1.29, 1.82) is 0 Å². The highest BCUT2D eigenvalue weighted by Gasteiger charge is 2.27. The molecule has 0 radical (unpaired) electrons. The zero-order chi connectivity index (χ0) is 18.4. The van der Waals surface area contributed by atoms with Crippen LogP contribution in [0.15, 0.2) is 17.5 Å². The van der Waals surface area contributed by atoms with Gasteiger partial charge in [0, 0.05) is 43.6 Å². The lowest BCUT2D eigenvalue weighted by Gasteiger charge is -2.37. The van der Waals surface area contributed by atoms with E-state index >= 15 is 0 Å². The van der Waals surface area contributed by atoms with E-state index in [1.165, 1.54) is 11.3 Å². The maximum atomic E-state index is 12.4. The van der Waals surface area contributed by atoms with Crippen LogP contribution in [0.25, 0.3) is 0 Å². The summed E-state index contributed by atoms with van der Waals surface area (Å²) < 4.78 is 0. The topological polar surface area (TPSA) is 64.7 Å². The first kappa shape index (κ1) is 19.3. The third-order valence-electron chi connectivity index (χ3n) is 5.47. The summed E-state index contributed by atoms with van der Waals surface area (Å²) in [6.07, 6.45) is 5.59. The van der Waals surface area contributed by atoms with Crippen molar-refractivity contribution in [2.45, 2.75) is 57.7 Å². The fraction of sp³-hybridized carbons (Fsp3) is 0.684. The third kappa shape index (κ3) is 5.53. The van der Waals surface area contributed by atoms with Gasteiger partial charge in [0.2, 0.25) is 5.91 Å². The number of carbonyl (C=O) groups excluding carboxylic acids is 2. The fourth-order valence-electron chi connectivity index (χ4n) is 3.78. The van der Waals surface area contributed by atoms with E-state index in [-0.39, 0.29) is 24.0 Å². The van der Waals surface area contributed by atoms with Gasteiger partial charge in [0.25, 0.3) is 0 Å². The van der Waals surface area contributed by atoms with Gasteiger partial charge in [-0.25, -0.2) is 4.79 Å². The SMILES string of the molecule is C[C@H](C(=O)NC(=O)NC1CCCCC1)N1CCN(Cc2cccs2)CC1. The standard InChI is InChI=1S/C19H30N4O2S/c1-15(18(24)21-19(25)20-16-6-3-2-4-7-16)23-11-9-22(10-12-23)14-17-8-5-13-26-17/h5,8,13,15-16H,2-4,6-7,9-12,14H2,1H3,(H2,20,21,24,25)/t15-/m1/s1. The lowest BCUT2D eigenvalue weighted by atomic mass is 9.96. The Morgan fingerprint density at radius 3 is 2.58 bits per heavy atom. The van der Waals surface area contributed by atoms with E-state index in [0.29, 0.717) is 0 Å². The summed E-state index contributed by atoms with van der Waals surface area (Å²) in [6.45, 7) is 6.47. The molecular weight excluding hydrogens is 348 g/mol. The number of thiophene rings is 1. The van der Waals surface area contributed by atoms with Crippen molar-refractivity contribution < 1.29 is 9.59 Å². The molecule has 2 fully saturated rings. The first-order valence-electron chi connectivity index (χ1n) is 9.72. The average molecular weight is 379 g/mol. The Bertz CT molecular complexity index is 578. The predicted octanol–water partition coefficient (Wildman–Crippen LogP) is 2.41. The van der Waals surface area contributed by atoms with E-state index in [9.17, 15) is 9.59 Å². The number of amides is 3. The van der Waals surface area contributed by atoms with E-state index in [4.69, 9.17) is 0 Å². The quantitative estimate of drug-likeness (QED) is 0.826. The Kier molecular flexibility index (Phi) is 7.05. The Balaban J connectivity index is 1.38. The van der Waals surface area contributed by atoms with Gasteiger partial charge in [-0.15, -0.1) is 11.3 Å². The van der Waals surface area contributed by atoms with Crippen LogP contribution in [0.2, 0.25) is 0 Å². The van der Waals surface area contributed by atoms with Crippen LogP contribution in [0.5, 0.6) is 0 Å². The molecule has 1 aliphatic carbocycles. The van der Waals surface area contributed by atoms with Gasteiger partial charge in [-0.1, -0.05) is 25.3 Å². The van der Waals surface area contributed by atoms with E-state index < -0.39 is 0 Å². The number of nitrogens with zero attached hydrogens (tertiary/aromatic N) is 2. The summed E-state index contributed by atoms with van der Waals surface area (Å²) >= 11 is 1.79. The molecule has 1 aliphatic heterocycles. The van der Waals surface area contributed by atoms with Crippen LogP contribution in [-0.2, 0) is 11.3 Å². The highest BCUT2D eigenvalue weighted by Crippen LogP contribution is 2.17. The van der Waals surface area contributed by atoms with Crippen LogP contribution < -0.4 is 10.6 Å². The Morgan fingerprint density at radius 2 is 1.92 bits per heavy atom. The molecule has 0 bridgehead atoms. The zero-order valence-electron chi connectivity index (χ0n) is 15.6. The number of hydrogen-bond donors (Lipinski definition) is 2. The van der Waals surface area contributed by atoms with Crippen LogP contribution >= 0.6 is 11.3 Å². The molecule has 1 saturated heterocycles. The molecule has 0 unspecified atom stereocenters. The number of imide groups is 1. The highest BCUT2D eigenvalue weighted by atomic mass is 32.1. The molecule has 1 saturated carbocycles. The summed E-state index contributed by atoms with van der Waals surface area (Å²) in [5.41, 5.74) is 0. The summed E-state index contributed by atoms with van der Waals surface area (Å²) in [4.78, 5) is 30.4. The van der Waals surface area contributed by atoms with Crippen molar-refractivity contribution in [1.82, 2.24) is 20.4 Å².